The molecule has 3 rings (SSSR count). The van der Waals surface area contributed by atoms with Gasteiger partial charge in [0.05, 0.1) is 6.04 Å². The van der Waals surface area contributed by atoms with Crippen molar-refractivity contribution in [3.63, 3.8) is 0 Å². The molecular weight excluding hydrogens is 332 g/mol. The molecule has 0 fully saturated rings. The topological polar surface area (TPSA) is 56.5 Å². The smallest absolute Gasteiger partial charge is 0.161 e. The van der Waals surface area contributed by atoms with Gasteiger partial charge >= 0.3 is 0 Å². The van der Waals surface area contributed by atoms with Crippen LogP contribution < -0.4 is 20.7 Å². The maximum Gasteiger partial charge on any atom is 0.161 e. The Morgan fingerprint density at radius 1 is 1.10 bits per heavy atom. The molecule has 1 unspecified atom stereocenters. The van der Waals surface area contributed by atoms with Crippen LogP contribution in [0.1, 0.15) is 22.7 Å². The molecule has 1 heterocycles. The Bertz CT molecular complexity index is 661. The van der Waals surface area contributed by atoms with E-state index in [1.807, 2.05) is 18.2 Å². The molecule has 0 bridgehead atoms. The normalized spacial score (nSPS) is 14.8. The quantitative estimate of drug-likeness (QED) is 0.661. The number of nitrogens with two attached hydrogens (primary N) is 1. The third-order valence-electron chi connectivity index (χ3n) is 3.53. The molecule has 4 nitrogen and oxygen atoms in total. The maximum absolute atomic E-state index is 5.78. The van der Waals surface area contributed by atoms with E-state index in [1.165, 1.54) is 5.56 Å². The molecule has 5 heteroatoms. The second-order valence-electron chi connectivity index (χ2n) is 5.03. The van der Waals surface area contributed by atoms with Crippen molar-refractivity contribution in [1.82, 2.24) is 5.43 Å². The minimum absolute atomic E-state index is 0.115. The highest BCUT2D eigenvalue weighted by molar-refractivity contribution is 9.10. The first kappa shape index (κ1) is 14.4. The lowest BCUT2D eigenvalue weighted by atomic mass is 9.98. The van der Waals surface area contributed by atoms with Crippen LogP contribution in [0, 0.1) is 6.92 Å². The molecule has 3 N–H and O–H groups in total. The molecule has 1 aliphatic rings. The molecule has 2 aromatic rings. The van der Waals surface area contributed by atoms with Crippen LogP contribution in [0.2, 0.25) is 0 Å². The Labute approximate surface area is 132 Å². The lowest BCUT2D eigenvalue weighted by Gasteiger charge is -2.23. The molecule has 0 saturated carbocycles. The zero-order chi connectivity index (χ0) is 14.8. The molecule has 110 valence electrons. The summed E-state index contributed by atoms with van der Waals surface area (Å²) in [5, 5.41) is 0. The van der Waals surface area contributed by atoms with E-state index in [9.17, 15) is 0 Å². The monoisotopic (exact) mass is 348 g/mol. The predicted molar refractivity (Wildman–Crippen MR) is 85.5 cm³/mol. The number of nitrogens with one attached hydrogen (secondary N) is 1. The summed E-state index contributed by atoms with van der Waals surface area (Å²) in [7, 11) is 0. The molecule has 2 aromatic carbocycles. The maximum atomic E-state index is 5.78. The summed E-state index contributed by atoms with van der Waals surface area (Å²) in [5.41, 5.74) is 6.19. The summed E-state index contributed by atoms with van der Waals surface area (Å²) in [6.45, 7) is 3.23. The first-order valence-electron chi connectivity index (χ1n) is 6.81. The Balaban J connectivity index is 1.99. The van der Waals surface area contributed by atoms with Crippen LogP contribution in [-0.2, 0) is 0 Å². The first-order valence-corrected chi connectivity index (χ1v) is 7.60. The Hall–Kier alpha value is -1.56. The van der Waals surface area contributed by atoms with Crippen LogP contribution in [0.5, 0.6) is 11.5 Å². The number of hydrogen-bond donors (Lipinski definition) is 2. The van der Waals surface area contributed by atoms with Crippen LogP contribution in [0.25, 0.3) is 0 Å². The summed E-state index contributed by atoms with van der Waals surface area (Å²) < 4.78 is 12.2. The van der Waals surface area contributed by atoms with E-state index >= 15 is 0 Å². The molecule has 0 amide bonds. The van der Waals surface area contributed by atoms with Crippen LogP contribution in [0.4, 0.5) is 0 Å². The van der Waals surface area contributed by atoms with E-state index in [0.717, 1.165) is 27.1 Å². The number of hydrazine groups is 1. The first-order chi connectivity index (χ1) is 10.2. The van der Waals surface area contributed by atoms with Gasteiger partial charge < -0.3 is 9.47 Å². The largest absolute Gasteiger partial charge is 0.486 e. The van der Waals surface area contributed by atoms with Gasteiger partial charge in [-0.2, -0.15) is 0 Å². The molecule has 21 heavy (non-hydrogen) atoms. The van der Waals surface area contributed by atoms with Crippen molar-refractivity contribution in [1.29, 1.82) is 0 Å². The lowest BCUT2D eigenvalue weighted by molar-refractivity contribution is 0.171. The van der Waals surface area contributed by atoms with E-state index in [0.29, 0.717) is 13.2 Å². The van der Waals surface area contributed by atoms with E-state index in [1.54, 1.807) is 0 Å². The molecule has 0 aromatic heterocycles. The highest BCUT2D eigenvalue weighted by Crippen LogP contribution is 2.35. The van der Waals surface area contributed by atoms with E-state index < -0.39 is 0 Å². The van der Waals surface area contributed by atoms with Gasteiger partial charge in [-0.05, 0) is 41.8 Å². The number of rotatable bonds is 3. The molecule has 0 radical (unpaired) electrons. The highest BCUT2D eigenvalue weighted by Gasteiger charge is 2.19. The van der Waals surface area contributed by atoms with Crippen molar-refractivity contribution in [2.24, 2.45) is 5.84 Å². The summed E-state index contributed by atoms with van der Waals surface area (Å²) >= 11 is 3.61. The van der Waals surface area contributed by atoms with Gasteiger partial charge in [-0.1, -0.05) is 34.1 Å². The predicted octanol–water partition coefficient (Wildman–Crippen LogP) is 3.08. The van der Waals surface area contributed by atoms with Gasteiger partial charge in [0, 0.05) is 4.47 Å². The molecular formula is C16H17BrN2O2. The number of ether oxygens (including phenoxy) is 2. The van der Waals surface area contributed by atoms with E-state index in [2.05, 4.69) is 46.5 Å². The van der Waals surface area contributed by atoms with Crippen molar-refractivity contribution >= 4 is 15.9 Å². The van der Waals surface area contributed by atoms with Gasteiger partial charge in [0.2, 0.25) is 0 Å². The summed E-state index contributed by atoms with van der Waals surface area (Å²) in [5.74, 6) is 7.32. The molecule has 1 atom stereocenters. The number of halogens is 1. The second kappa shape index (κ2) is 6.05. The second-order valence-corrected chi connectivity index (χ2v) is 5.88. The third kappa shape index (κ3) is 2.90. The Kier molecular flexibility index (Phi) is 4.14. The van der Waals surface area contributed by atoms with Crippen LogP contribution in [0.3, 0.4) is 0 Å². The summed E-state index contributed by atoms with van der Waals surface area (Å²) in [4.78, 5) is 0. The molecule has 0 aliphatic carbocycles. The average Bonchev–Trinajstić information content (AvgIpc) is 2.50. The van der Waals surface area contributed by atoms with Gasteiger partial charge in [-0.25, -0.2) is 5.43 Å². The summed E-state index contributed by atoms with van der Waals surface area (Å²) in [6.07, 6.45) is 0. The third-order valence-corrected chi connectivity index (χ3v) is 4.22. The van der Waals surface area contributed by atoms with Crippen molar-refractivity contribution in [2.75, 3.05) is 13.2 Å². The zero-order valence-electron chi connectivity index (χ0n) is 11.7. The highest BCUT2D eigenvalue weighted by atomic mass is 79.9. The standard InChI is InChI=1S/C16H17BrN2O2/c1-10-2-4-12(13(17)8-10)16(19-18)11-3-5-14-15(9-11)21-7-6-20-14/h2-5,8-9,16,19H,6-7,18H2,1H3. The number of hydrogen-bond acceptors (Lipinski definition) is 4. The minimum atomic E-state index is -0.115. The molecule has 1 aliphatic heterocycles. The van der Waals surface area contributed by atoms with E-state index in [-0.39, 0.29) is 6.04 Å². The van der Waals surface area contributed by atoms with Crippen molar-refractivity contribution in [2.45, 2.75) is 13.0 Å². The summed E-state index contributed by atoms with van der Waals surface area (Å²) in [6, 6.07) is 12.0. The van der Waals surface area contributed by atoms with Gasteiger partial charge in [0.25, 0.3) is 0 Å². The number of fused-ring (bicyclic) bond motifs is 1. The Morgan fingerprint density at radius 3 is 2.57 bits per heavy atom. The fourth-order valence-electron chi connectivity index (χ4n) is 2.47. The fraction of sp³-hybridized carbons (Fsp3) is 0.250. The minimum Gasteiger partial charge on any atom is -0.486 e. The SMILES string of the molecule is Cc1ccc(C(NN)c2ccc3c(c2)OCCO3)c(Br)c1. The molecule has 0 saturated heterocycles. The van der Waals surface area contributed by atoms with Crippen molar-refractivity contribution in [3.8, 4) is 11.5 Å². The number of benzene rings is 2. The van der Waals surface area contributed by atoms with Crippen LogP contribution >= 0.6 is 15.9 Å². The van der Waals surface area contributed by atoms with Crippen LogP contribution in [-0.4, -0.2) is 13.2 Å². The van der Waals surface area contributed by atoms with Crippen molar-refractivity contribution < 1.29 is 9.47 Å². The fourth-order valence-corrected chi connectivity index (χ4v) is 3.19. The Morgan fingerprint density at radius 2 is 1.86 bits per heavy atom. The van der Waals surface area contributed by atoms with Crippen LogP contribution in [0.15, 0.2) is 40.9 Å². The lowest BCUT2D eigenvalue weighted by Crippen LogP contribution is -2.29. The number of aryl methyl sites for hydroxylation is 1. The average molecular weight is 349 g/mol. The molecule has 0 spiro atoms. The van der Waals surface area contributed by atoms with Gasteiger partial charge in [-0.15, -0.1) is 0 Å². The van der Waals surface area contributed by atoms with Crippen molar-refractivity contribution in [3.05, 3.63) is 57.6 Å². The van der Waals surface area contributed by atoms with E-state index in [4.69, 9.17) is 15.3 Å². The van der Waals surface area contributed by atoms with Gasteiger partial charge in [-0.3, -0.25) is 5.84 Å². The van der Waals surface area contributed by atoms with Gasteiger partial charge in [0.15, 0.2) is 11.5 Å². The zero-order valence-corrected chi connectivity index (χ0v) is 13.3. The van der Waals surface area contributed by atoms with Gasteiger partial charge in [0.1, 0.15) is 13.2 Å².